The van der Waals surface area contributed by atoms with Crippen molar-refractivity contribution < 1.29 is 19.2 Å². The molecule has 0 radical (unpaired) electrons. The molecule has 1 saturated carbocycles. The predicted molar refractivity (Wildman–Crippen MR) is 78.7 cm³/mol. The van der Waals surface area contributed by atoms with Crippen molar-refractivity contribution in [2.45, 2.75) is 38.0 Å². The summed E-state index contributed by atoms with van der Waals surface area (Å²) >= 11 is 0. The summed E-state index contributed by atoms with van der Waals surface area (Å²) in [6.07, 6.45) is 5.86. The Labute approximate surface area is 128 Å². The van der Waals surface area contributed by atoms with Crippen LogP contribution in [0.15, 0.2) is 28.8 Å². The molecule has 0 unspecified atom stereocenters. The highest BCUT2D eigenvalue weighted by atomic mass is 16.5. The van der Waals surface area contributed by atoms with Gasteiger partial charge in [-0.1, -0.05) is 36.6 Å². The first-order chi connectivity index (χ1) is 10.7. The maximum absolute atomic E-state index is 10.7. The summed E-state index contributed by atoms with van der Waals surface area (Å²) < 4.78 is 10.6. The average Bonchev–Trinajstić information content (AvgIpc) is 3.04. The molecule has 1 aromatic carbocycles. The first kappa shape index (κ1) is 14.6. The Bertz CT molecular complexity index is 647. The van der Waals surface area contributed by atoms with Crippen molar-refractivity contribution in [2.24, 2.45) is 0 Å². The summed E-state index contributed by atoms with van der Waals surface area (Å²) in [5, 5.41) is 12.8. The minimum Gasteiger partial charge on any atom is -0.481 e. The Balaban J connectivity index is 1.82. The summed E-state index contributed by atoms with van der Waals surface area (Å²) in [7, 11) is 0. The third-order valence-corrected chi connectivity index (χ3v) is 3.88. The fourth-order valence-electron chi connectivity index (χ4n) is 2.78. The first-order valence-corrected chi connectivity index (χ1v) is 7.51. The fourth-order valence-corrected chi connectivity index (χ4v) is 2.78. The number of aromatic nitrogens is 2. The van der Waals surface area contributed by atoms with Gasteiger partial charge in [-0.05, 0) is 25.0 Å². The van der Waals surface area contributed by atoms with Crippen molar-refractivity contribution in [2.75, 3.05) is 6.61 Å². The van der Waals surface area contributed by atoms with Crippen molar-refractivity contribution in [3.05, 3.63) is 30.1 Å². The molecular weight excluding hydrogens is 284 g/mol. The summed E-state index contributed by atoms with van der Waals surface area (Å²) in [4.78, 5) is 15.1. The second-order valence-electron chi connectivity index (χ2n) is 5.47. The molecule has 22 heavy (non-hydrogen) atoms. The van der Waals surface area contributed by atoms with Gasteiger partial charge in [-0.2, -0.15) is 4.98 Å². The average molecular weight is 302 g/mol. The summed E-state index contributed by atoms with van der Waals surface area (Å²) in [6.45, 7) is -0.402. The van der Waals surface area contributed by atoms with E-state index in [0.717, 1.165) is 18.7 Å². The van der Waals surface area contributed by atoms with Gasteiger partial charge in [0.2, 0.25) is 0 Å². The van der Waals surface area contributed by atoms with Gasteiger partial charge in [0.05, 0.1) is 5.56 Å². The number of ether oxygens (including phenoxy) is 1. The SMILES string of the molecule is O=C(O)COc1ccccc1-c1nc(C2CCCCC2)no1. The number of aliphatic carboxylic acids is 1. The maximum Gasteiger partial charge on any atom is 0.341 e. The number of hydrogen-bond acceptors (Lipinski definition) is 5. The monoisotopic (exact) mass is 302 g/mol. The van der Waals surface area contributed by atoms with Crippen LogP contribution in [0.2, 0.25) is 0 Å². The molecule has 1 aromatic heterocycles. The van der Waals surface area contributed by atoms with Gasteiger partial charge < -0.3 is 14.4 Å². The zero-order valence-corrected chi connectivity index (χ0v) is 12.2. The number of nitrogens with zero attached hydrogens (tertiary/aromatic N) is 2. The van der Waals surface area contributed by atoms with E-state index in [1.165, 1.54) is 19.3 Å². The van der Waals surface area contributed by atoms with Gasteiger partial charge in [0.15, 0.2) is 12.4 Å². The van der Waals surface area contributed by atoms with Crippen LogP contribution in [0.25, 0.3) is 11.5 Å². The lowest BCUT2D eigenvalue weighted by Crippen LogP contribution is -2.10. The van der Waals surface area contributed by atoms with Gasteiger partial charge >= 0.3 is 5.97 Å². The Morgan fingerprint density at radius 3 is 2.82 bits per heavy atom. The molecule has 6 heteroatoms. The molecule has 0 amide bonds. The molecule has 2 aromatic rings. The third-order valence-electron chi connectivity index (χ3n) is 3.88. The van der Waals surface area contributed by atoms with E-state index in [-0.39, 0.29) is 0 Å². The number of hydrogen-bond donors (Lipinski definition) is 1. The van der Waals surface area contributed by atoms with Gasteiger partial charge in [-0.15, -0.1) is 0 Å². The molecule has 0 bridgehead atoms. The van der Waals surface area contributed by atoms with Crippen molar-refractivity contribution in [1.29, 1.82) is 0 Å². The van der Waals surface area contributed by atoms with Gasteiger partial charge in [-0.3, -0.25) is 0 Å². The second kappa shape index (κ2) is 6.60. The van der Waals surface area contributed by atoms with Crippen molar-refractivity contribution >= 4 is 5.97 Å². The van der Waals surface area contributed by atoms with Crippen LogP contribution in [-0.4, -0.2) is 27.8 Å². The highest BCUT2D eigenvalue weighted by Gasteiger charge is 2.22. The highest BCUT2D eigenvalue weighted by molar-refractivity contribution is 5.69. The minimum atomic E-state index is -1.02. The lowest BCUT2D eigenvalue weighted by Gasteiger charge is -2.17. The quantitative estimate of drug-likeness (QED) is 0.912. The molecule has 1 fully saturated rings. The van der Waals surface area contributed by atoms with Crippen molar-refractivity contribution in [1.82, 2.24) is 10.1 Å². The first-order valence-electron chi connectivity index (χ1n) is 7.51. The third kappa shape index (κ3) is 3.27. The number of rotatable bonds is 5. The highest BCUT2D eigenvalue weighted by Crippen LogP contribution is 2.34. The molecular formula is C16H18N2O4. The van der Waals surface area contributed by atoms with Gasteiger partial charge in [0.1, 0.15) is 5.75 Å². The Morgan fingerprint density at radius 1 is 1.27 bits per heavy atom. The normalized spacial score (nSPS) is 15.6. The van der Waals surface area contributed by atoms with Crippen LogP contribution in [0, 0.1) is 0 Å². The Hall–Kier alpha value is -2.37. The summed E-state index contributed by atoms with van der Waals surface area (Å²) in [6, 6.07) is 7.09. The molecule has 1 heterocycles. The second-order valence-corrected chi connectivity index (χ2v) is 5.47. The Morgan fingerprint density at radius 2 is 2.05 bits per heavy atom. The van der Waals surface area contributed by atoms with Crippen LogP contribution in [0.5, 0.6) is 5.75 Å². The van der Waals surface area contributed by atoms with E-state index >= 15 is 0 Å². The van der Waals surface area contributed by atoms with E-state index in [1.54, 1.807) is 18.2 Å². The molecule has 1 aliphatic rings. The lowest BCUT2D eigenvalue weighted by molar-refractivity contribution is -0.139. The summed E-state index contributed by atoms with van der Waals surface area (Å²) in [5.41, 5.74) is 0.623. The number of para-hydroxylation sites is 1. The standard InChI is InChI=1S/C16H18N2O4/c19-14(20)10-21-13-9-5-4-8-12(13)16-17-15(18-22-16)11-6-2-1-3-7-11/h4-5,8-9,11H,1-3,6-7,10H2,(H,19,20). The molecule has 1 N–H and O–H groups in total. The van der Waals surface area contributed by atoms with E-state index in [9.17, 15) is 4.79 Å². The van der Waals surface area contributed by atoms with Gasteiger partial charge in [0, 0.05) is 5.92 Å². The largest absolute Gasteiger partial charge is 0.481 e. The van der Waals surface area contributed by atoms with E-state index in [0.29, 0.717) is 23.1 Å². The van der Waals surface area contributed by atoms with Crippen molar-refractivity contribution in [3.63, 3.8) is 0 Å². The number of carboxylic acids is 1. The molecule has 116 valence electrons. The zero-order valence-electron chi connectivity index (χ0n) is 12.2. The zero-order chi connectivity index (χ0) is 15.4. The van der Waals surface area contributed by atoms with Crippen LogP contribution in [0.4, 0.5) is 0 Å². The lowest BCUT2D eigenvalue weighted by atomic mass is 9.89. The number of benzene rings is 1. The molecule has 3 rings (SSSR count). The molecule has 0 saturated heterocycles. The topological polar surface area (TPSA) is 85.5 Å². The van der Waals surface area contributed by atoms with E-state index in [1.807, 2.05) is 6.07 Å². The van der Waals surface area contributed by atoms with E-state index < -0.39 is 12.6 Å². The Kier molecular flexibility index (Phi) is 4.37. The van der Waals surface area contributed by atoms with E-state index in [4.69, 9.17) is 14.4 Å². The number of carbonyl (C=O) groups is 1. The van der Waals surface area contributed by atoms with Crippen LogP contribution >= 0.6 is 0 Å². The number of carboxylic acid groups (broad SMARTS) is 1. The molecule has 6 nitrogen and oxygen atoms in total. The van der Waals surface area contributed by atoms with Crippen LogP contribution in [-0.2, 0) is 4.79 Å². The molecule has 1 aliphatic carbocycles. The smallest absolute Gasteiger partial charge is 0.341 e. The van der Waals surface area contributed by atoms with Gasteiger partial charge in [0.25, 0.3) is 5.89 Å². The van der Waals surface area contributed by atoms with Crippen LogP contribution in [0.1, 0.15) is 43.8 Å². The minimum absolute atomic E-state index is 0.360. The maximum atomic E-state index is 10.7. The molecule has 0 spiro atoms. The predicted octanol–water partition coefficient (Wildman–Crippen LogP) is 3.25. The van der Waals surface area contributed by atoms with Crippen LogP contribution < -0.4 is 4.74 Å². The molecule has 0 aliphatic heterocycles. The fraction of sp³-hybridized carbons (Fsp3) is 0.438. The summed E-state index contributed by atoms with van der Waals surface area (Å²) in [5.74, 6) is 0.884. The molecule has 0 atom stereocenters. The van der Waals surface area contributed by atoms with Crippen LogP contribution in [0.3, 0.4) is 0 Å². The van der Waals surface area contributed by atoms with Crippen molar-refractivity contribution in [3.8, 4) is 17.2 Å². The van der Waals surface area contributed by atoms with Gasteiger partial charge in [-0.25, -0.2) is 4.79 Å². The van der Waals surface area contributed by atoms with E-state index in [2.05, 4.69) is 10.1 Å².